The van der Waals surface area contributed by atoms with E-state index in [4.69, 9.17) is 0 Å². The van der Waals surface area contributed by atoms with Crippen molar-refractivity contribution in [2.24, 2.45) is 0 Å². The third kappa shape index (κ3) is 1.28. The molecule has 2 nitrogen and oxygen atoms in total. The molecule has 3 aromatic rings. The monoisotopic (exact) mass is 274 g/mol. The number of nitrogens with zero attached hydrogens (tertiary/aromatic N) is 2. The van der Waals surface area contributed by atoms with Crippen molar-refractivity contribution >= 4 is 32.5 Å². The zero-order valence-corrected chi connectivity index (χ0v) is 10.7. The first-order valence-corrected chi connectivity index (χ1v) is 6.00. The van der Waals surface area contributed by atoms with E-state index in [1.165, 1.54) is 16.5 Å². The van der Waals surface area contributed by atoms with Crippen LogP contribution in [-0.2, 0) is 0 Å². The second-order valence-electron chi connectivity index (χ2n) is 4.08. The summed E-state index contributed by atoms with van der Waals surface area (Å²) in [5, 5.41) is 1.23. The Balaban J connectivity index is 2.60. The van der Waals surface area contributed by atoms with Crippen LogP contribution in [0, 0.1) is 13.8 Å². The molecule has 3 heteroatoms. The van der Waals surface area contributed by atoms with Crippen molar-refractivity contribution in [1.82, 2.24) is 9.38 Å². The molecule has 0 aliphatic rings. The van der Waals surface area contributed by atoms with E-state index < -0.39 is 0 Å². The van der Waals surface area contributed by atoms with Crippen LogP contribution in [0.15, 0.2) is 34.9 Å². The molecule has 80 valence electrons. The number of hydrogen-bond donors (Lipinski definition) is 0. The molecule has 0 atom stereocenters. The minimum absolute atomic E-state index is 0.988. The van der Waals surface area contributed by atoms with Crippen molar-refractivity contribution in [2.45, 2.75) is 13.8 Å². The summed E-state index contributed by atoms with van der Waals surface area (Å²) in [6, 6.07) is 10.6. The highest BCUT2D eigenvalue weighted by Crippen LogP contribution is 2.25. The van der Waals surface area contributed by atoms with Gasteiger partial charge in [0.25, 0.3) is 0 Å². The van der Waals surface area contributed by atoms with Crippen LogP contribution in [0.3, 0.4) is 0 Å². The predicted molar refractivity (Wildman–Crippen MR) is 69.9 cm³/mol. The van der Waals surface area contributed by atoms with Crippen LogP contribution < -0.4 is 0 Å². The molecule has 0 saturated carbocycles. The van der Waals surface area contributed by atoms with Gasteiger partial charge in [-0.25, -0.2) is 4.98 Å². The number of aryl methyl sites for hydroxylation is 2. The molecule has 0 aliphatic heterocycles. The van der Waals surface area contributed by atoms with Gasteiger partial charge in [0.15, 0.2) is 0 Å². The number of halogens is 1. The van der Waals surface area contributed by atoms with Gasteiger partial charge in [0.05, 0.1) is 11.2 Å². The summed E-state index contributed by atoms with van der Waals surface area (Å²) in [6.45, 7) is 4.12. The Bertz CT molecular complexity index is 698. The maximum atomic E-state index is 4.51. The summed E-state index contributed by atoms with van der Waals surface area (Å²) in [6.07, 6.45) is 0. The first kappa shape index (κ1) is 9.85. The SMILES string of the molecule is Cc1ccc2ccc3nc(C)c(Br)n3c2c1. The molecule has 0 bridgehead atoms. The molecule has 1 aromatic carbocycles. The van der Waals surface area contributed by atoms with Gasteiger partial charge in [-0.1, -0.05) is 12.1 Å². The van der Waals surface area contributed by atoms with Gasteiger partial charge in [-0.3, -0.25) is 4.40 Å². The van der Waals surface area contributed by atoms with E-state index in [9.17, 15) is 0 Å². The summed E-state index contributed by atoms with van der Waals surface area (Å²) >= 11 is 3.60. The molecule has 0 radical (unpaired) electrons. The average molecular weight is 275 g/mol. The number of imidazole rings is 1. The Morgan fingerprint density at radius 2 is 1.88 bits per heavy atom. The smallest absolute Gasteiger partial charge is 0.138 e. The largest absolute Gasteiger partial charge is 0.286 e. The van der Waals surface area contributed by atoms with Gasteiger partial charge in [-0.2, -0.15) is 0 Å². The van der Waals surface area contributed by atoms with E-state index >= 15 is 0 Å². The highest BCUT2D eigenvalue weighted by atomic mass is 79.9. The highest BCUT2D eigenvalue weighted by molar-refractivity contribution is 9.10. The zero-order valence-electron chi connectivity index (χ0n) is 9.16. The Morgan fingerprint density at radius 3 is 2.69 bits per heavy atom. The topological polar surface area (TPSA) is 17.3 Å². The quantitative estimate of drug-likeness (QED) is 0.608. The van der Waals surface area contributed by atoms with E-state index in [1.54, 1.807) is 0 Å². The number of aromatic nitrogens is 2. The van der Waals surface area contributed by atoms with Crippen LogP contribution in [0.5, 0.6) is 0 Å². The van der Waals surface area contributed by atoms with Crippen molar-refractivity contribution in [3.63, 3.8) is 0 Å². The van der Waals surface area contributed by atoms with E-state index in [0.29, 0.717) is 0 Å². The number of hydrogen-bond acceptors (Lipinski definition) is 1. The predicted octanol–water partition coefficient (Wildman–Crippen LogP) is 3.87. The van der Waals surface area contributed by atoms with Gasteiger partial charge < -0.3 is 0 Å². The number of rotatable bonds is 0. The molecule has 2 heterocycles. The molecule has 0 unspecified atom stereocenters. The van der Waals surface area contributed by atoms with Crippen molar-refractivity contribution in [3.05, 3.63) is 46.2 Å². The van der Waals surface area contributed by atoms with Crippen molar-refractivity contribution in [1.29, 1.82) is 0 Å². The van der Waals surface area contributed by atoms with Crippen LogP contribution >= 0.6 is 15.9 Å². The zero-order chi connectivity index (χ0) is 11.3. The van der Waals surface area contributed by atoms with Crippen LogP contribution in [0.2, 0.25) is 0 Å². The maximum absolute atomic E-state index is 4.51. The normalized spacial score (nSPS) is 11.4. The standard InChI is InChI=1S/C13H11BrN2/c1-8-3-4-10-5-6-12-15-9(2)13(14)16(12)11(10)7-8/h3-7H,1-2H3. The van der Waals surface area contributed by atoms with Crippen LogP contribution in [0.25, 0.3) is 16.6 Å². The maximum Gasteiger partial charge on any atom is 0.138 e. The van der Waals surface area contributed by atoms with Crippen LogP contribution in [-0.4, -0.2) is 9.38 Å². The van der Waals surface area contributed by atoms with E-state index in [0.717, 1.165) is 15.9 Å². The number of fused-ring (bicyclic) bond motifs is 3. The van der Waals surface area contributed by atoms with Gasteiger partial charge in [-0.15, -0.1) is 0 Å². The molecule has 0 saturated heterocycles. The Kier molecular flexibility index (Phi) is 2.04. The molecule has 3 rings (SSSR count). The van der Waals surface area contributed by atoms with Gasteiger partial charge in [-0.05, 0) is 58.9 Å². The lowest BCUT2D eigenvalue weighted by molar-refractivity contribution is 1.20. The highest BCUT2D eigenvalue weighted by Gasteiger charge is 2.08. The van der Waals surface area contributed by atoms with Gasteiger partial charge in [0, 0.05) is 0 Å². The fourth-order valence-corrected chi connectivity index (χ4v) is 2.49. The van der Waals surface area contributed by atoms with Crippen LogP contribution in [0.1, 0.15) is 11.3 Å². The van der Waals surface area contributed by atoms with E-state index in [2.05, 4.69) is 62.6 Å². The summed E-state index contributed by atoms with van der Waals surface area (Å²) < 4.78 is 3.19. The van der Waals surface area contributed by atoms with E-state index in [-0.39, 0.29) is 0 Å². The first-order valence-electron chi connectivity index (χ1n) is 5.21. The Morgan fingerprint density at radius 1 is 1.12 bits per heavy atom. The minimum atomic E-state index is 0.988. The third-order valence-corrected chi connectivity index (χ3v) is 3.77. The van der Waals surface area contributed by atoms with Gasteiger partial charge in [0.2, 0.25) is 0 Å². The lowest BCUT2D eigenvalue weighted by Gasteiger charge is -2.04. The summed E-state index contributed by atoms with van der Waals surface area (Å²) in [5.74, 6) is 0. The fourth-order valence-electron chi connectivity index (χ4n) is 2.02. The van der Waals surface area contributed by atoms with Gasteiger partial charge in [0.1, 0.15) is 10.3 Å². The molecule has 0 fully saturated rings. The minimum Gasteiger partial charge on any atom is -0.286 e. The molecule has 16 heavy (non-hydrogen) atoms. The van der Waals surface area contributed by atoms with E-state index in [1.807, 2.05) is 6.92 Å². The summed E-state index contributed by atoms with van der Waals surface area (Å²) in [4.78, 5) is 4.51. The number of pyridine rings is 1. The molecule has 2 aromatic heterocycles. The molecule has 0 spiro atoms. The lowest BCUT2D eigenvalue weighted by Crippen LogP contribution is -1.89. The second kappa shape index (κ2) is 3.32. The third-order valence-electron chi connectivity index (χ3n) is 2.85. The van der Waals surface area contributed by atoms with Gasteiger partial charge >= 0.3 is 0 Å². The molecule has 0 amide bonds. The Hall–Kier alpha value is -1.35. The lowest BCUT2D eigenvalue weighted by atomic mass is 10.1. The fraction of sp³-hybridized carbons (Fsp3) is 0.154. The second-order valence-corrected chi connectivity index (χ2v) is 4.83. The molecule has 0 N–H and O–H groups in total. The molecule has 0 aliphatic carbocycles. The van der Waals surface area contributed by atoms with Crippen molar-refractivity contribution < 1.29 is 0 Å². The number of benzene rings is 1. The summed E-state index contributed by atoms with van der Waals surface area (Å²) in [7, 11) is 0. The summed E-state index contributed by atoms with van der Waals surface area (Å²) in [5.41, 5.74) is 4.47. The van der Waals surface area contributed by atoms with Crippen molar-refractivity contribution in [2.75, 3.05) is 0 Å². The van der Waals surface area contributed by atoms with Crippen LogP contribution in [0.4, 0.5) is 0 Å². The first-order chi connectivity index (χ1) is 7.66. The molecular formula is C13H11BrN2. The average Bonchev–Trinajstić information content (AvgIpc) is 2.55. The Labute approximate surface area is 102 Å². The van der Waals surface area contributed by atoms with Crippen molar-refractivity contribution in [3.8, 4) is 0 Å². The molecular weight excluding hydrogens is 264 g/mol.